The van der Waals surface area contributed by atoms with E-state index in [9.17, 15) is 0 Å². The summed E-state index contributed by atoms with van der Waals surface area (Å²) in [5.74, 6) is 1.07. The van der Waals surface area contributed by atoms with Crippen LogP contribution in [0.1, 0.15) is 54.4 Å². The maximum Gasteiger partial charge on any atom is 0.126 e. The van der Waals surface area contributed by atoms with Crippen LogP contribution in [0.15, 0.2) is 6.07 Å². The maximum absolute atomic E-state index is 6.20. The van der Waals surface area contributed by atoms with Crippen molar-refractivity contribution in [2.24, 2.45) is 5.73 Å². The monoisotopic (exact) mass is 261 g/mol. The zero-order chi connectivity index (χ0) is 14.0. The average Bonchev–Trinajstić information content (AvgIpc) is 2.43. The molecular weight excluding hydrogens is 234 g/mol. The van der Waals surface area contributed by atoms with Crippen LogP contribution in [0, 0.1) is 20.8 Å². The van der Waals surface area contributed by atoms with E-state index in [1.807, 2.05) is 0 Å². The minimum absolute atomic E-state index is 0.131. The molecule has 1 aliphatic rings. The van der Waals surface area contributed by atoms with Crippen molar-refractivity contribution in [3.05, 3.63) is 28.3 Å². The van der Waals surface area contributed by atoms with Crippen LogP contribution in [0.4, 0.5) is 0 Å². The normalized spacial score (nSPS) is 18.4. The van der Waals surface area contributed by atoms with E-state index < -0.39 is 0 Å². The second-order valence-electron chi connectivity index (χ2n) is 6.09. The first-order chi connectivity index (χ1) is 9.05. The molecule has 0 saturated heterocycles. The van der Waals surface area contributed by atoms with Gasteiger partial charge in [-0.05, 0) is 50.3 Å². The summed E-state index contributed by atoms with van der Waals surface area (Å²) >= 11 is 0. The number of ether oxygens (including phenoxy) is 1. The molecule has 0 spiro atoms. The Bertz CT molecular complexity index is 459. The van der Waals surface area contributed by atoms with Crippen LogP contribution in [0.2, 0.25) is 0 Å². The van der Waals surface area contributed by atoms with E-state index in [0.717, 1.165) is 12.3 Å². The summed E-state index contributed by atoms with van der Waals surface area (Å²) in [7, 11) is 1.79. The fourth-order valence-electron chi connectivity index (χ4n) is 3.75. The minimum Gasteiger partial charge on any atom is -0.496 e. The van der Waals surface area contributed by atoms with E-state index in [1.54, 1.807) is 7.11 Å². The summed E-state index contributed by atoms with van der Waals surface area (Å²) < 4.78 is 5.76. The maximum atomic E-state index is 6.20. The molecule has 0 heterocycles. The van der Waals surface area contributed by atoms with Crippen LogP contribution in [-0.2, 0) is 5.41 Å². The topological polar surface area (TPSA) is 35.2 Å². The standard InChI is InChI=1S/C17H27NO/c1-12-10-13(2)15(16(19-4)14(12)3)17(11-18)8-6-5-7-9-17/h10H,5-9,11,18H2,1-4H3. The average molecular weight is 261 g/mol. The molecule has 0 radical (unpaired) electrons. The first-order valence-electron chi connectivity index (χ1n) is 7.41. The van der Waals surface area contributed by atoms with Gasteiger partial charge in [-0.1, -0.05) is 25.3 Å². The van der Waals surface area contributed by atoms with Gasteiger partial charge in [-0.2, -0.15) is 0 Å². The van der Waals surface area contributed by atoms with Crippen LogP contribution in [-0.4, -0.2) is 13.7 Å². The summed E-state index contributed by atoms with van der Waals surface area (Å²) in [5.41, 5.74) is 11.6. The van der Waals surface area contributed by atoms with Crippen molar-refractivity contribution < 1.29 is 4.74 Å². The molecule has 19 heavy (non-hydrogen) atoms. The van der Waals surface area contributed by atoms with Gasteiger partial charge in [-0.25, -0.2) is 0 Å². The van der Waals surface area contributed by atoms with E-state index in [1.165, 1.54) is 54.4 Å². The summed E-state index contributed by atoms with van der Waals surface area (Å²) in [5, 5.41) is 0. The molecule has 2 heteroatoms. The zero-order valence-electron chi connectivity index (χ0n) is 12.8. The number of rotatable bonds is 3. The van der Waals surface area contributed by atoms with Crippen LogP contribution in [0.3, 0.4) is 0 Å². The van der Waals surface area contributed by atoms with E-state index in [-0.39, 0.29) is 5.41 Å². The van der Waals surface area contributed by atoms with E-state index in [2.05, 4.69) is 26.8 Å². The second kappa shape index (κ2) is 5.54. The lowest BCUT2D eigenvalue weighted by Gasteiger charge is -2.39. The number of benzene rings is 1. The fourth-order valence-corrected chi connectivity index (χ4v) is 3.75. The minimum atomic E-state index is 0.131. The molecule has 1 aromatic rings. The summed E-state index contributed by atoms with van der Waals surface area (Å²) in [6, 6.07) is 2.29. The summed E-state index contributed by atoms with van der Waals surface area (Å²) in [4.78, 5) is 0. The van der Waals surface area contributed by atoms with Crippen molar-refractivity contribution in [1.82, 2.24) is 0 Å². The van der Waals surface area contributed by atoms with Gasteiger partial charge in [-0.15, -0.1) is 0 Å². The lowest BCUT2D eigenvalue weighted by atomic mass is 9.67. The lowest BCUT2D eigenvalue weighted by Crippen LogP contribution is -2.38. The first-order valence-corrected chi connectivity index (χ1v) is 7.41. The lowest BCUT2D eigenvalue weighted by molar-refractivity contribution is 0.286. The van der Waals surface area contributed by atoms with Crippen molar-refractivity contribution >= 4 is 0 Å². The van der Waals surface area contributed by atoms with Gasteiger partial charge in [0.1, 0.15) is 5.75 Å². The highest BCUT2D eigenvalue weighted by Crippen LogP contribution is 2.45. The van der Waals surface area contributed by atoms with Crippen LogP contribution >= 0.6 is 0 Å². The Kier molecular flexibility index (Phi) is 4.19. The number of hydrogen-bond acceptors (Lipinski definition) is 2. The Morgan fingerprint density at radius 1 is 1.11 bits per heavy atom. The van der Waals surface area contributed by atoms with E-state index in [0.29, 0.717) is 0 Å². The van der Waals surface area contributed by atoms with Gasteiger partial charge in [0, 0.05) is 17.5 Å². The van der Waals surface area contributed by atoms with Crippen molar-refractivity contribution in [2.45, 2.75) is 58.3 Å². The molecule has 0 amide bonds. The Morgan fingerprint density at radius 2 is 1.74 bits per heavy atom. The van der Waals surface area contributed by atoms with Crippen molar-refractivity contribution in [1.29, 1.82) is 0 Å². The third-order valence-electron chi connectivity index (χ3n) is 4.92. The van der Waals surface area contributed by atoms with Crippen LogP contribution in [0.25, 0.3) is 0 Å². The quantitative estimate of drug-likeness (QED) is 0.898. The molecule has 1 aromatic carbocycles. The van der Waals surface area contributed by atoms with Gasteiger partial charge in [-0.3, -0.25) is 0 Å². The zero-order valence-corrected chi connectivity index (χ0v) is 12.8. The smallest absolute Gasteiger partial charge is 0.126 e. The number of nitrogens with two attached hydrogens (primary N) is 1. The SMILES string of the molecule is COc1c(C)c(C)cc(C)c1C1(CN)CCCCC1. The molecular formula is C17H27NO. The Labute approximate surface area is 117 Å². The Hall–Kier alpha value is -1.02. The Balaban J connectivity index is 2.62. The van der Waals surface area contributed by atoms with Crippen LogP contribution < -0.4 is 10.5 Å². The van der Waals surface area contributed by atoms with Crippen LogP contribution in [0.5, 0.6) is 5.75 Å². The summed E-state index contributed by atoms with van der Waals surface area (Å²) in [6.07, 6.45) is 6.31. The molecule has 0 unspecified atom stereocenters. The highest BCUT2D eigenvalue weighted by molar-refractivity contribution is 5.53. The van der Waals surface area contributed by atoms with Crippen molar-refractivity contribution in [3.63, 3.8) is 0 Å². The fraction of sp³-hybridized carbons (Fsp3) is 0.647. The van der Waals surface area contributed by atoms with Gasteiger partial charge in [0.2, 0.25) is 0 Å². The molecule has 0 atom stereocenters. The molecule has 0 aliphatic heterocycles. The molecule has 1 aliphatic carbocycles. The first kappa shape index (κ1) is 14.4. The van der Waals surface area contributed by atoms with Gasteiger partial charge in [0.15, 0.2) is 0 Å². The number of methoxy groups -OCH3 is 1. The van der Waals surface area contributed by atoms with Gasteiger partial charge < -0.3 is 10.5 Å². The second-order valence-corrected chi connectivity index (χ2v) is 6.09. The predicted octanol–water partition coefficient (Wildman–Crippen LogP) is 3.78. The highest BCUT2D eigenvalue weighted by atomic mass is 16.5. The largest absolute Gasteiger partial charge is 0.496 e. The van der Waals surface area contributed by atoms with Gasteiger partial charge >= 0.3 is 0 Å². The Morgan fingerprint density at radius 3 is 2.26 bits per heavy atom. The molecule has 1 fully saturated rings. The molecule has 2 rings (SSSR count). The predicted molar refractivity (Wildman–Crippen MR) is 81.0 cm³/mol. The van der Waals surface area contributed by atoms with Crippen molar-refractivity contribution in [3.8, 4) is 5.75 Å². The third kappa shape index (κ3) is 2.38. The number of aryl methyl sites for hydroxylation is 2. The van der Waals surface area contributed by atoms with E-state index >= 15 is 0 Å². The van der Waals surface area contributed by atoms with Gasteiger partial charge in [0.05, 0.1) is 7.11 Å². The van der Waals surface area contributed by atoms with Gasteiger partial charge in [0.25, 0.3) is 0 Å². The third-order valence-corrected chi connectivity index (χ3v) is 4.92. The summed E-state index contributed by atoms with van der Waals surface area (Å²) in [6.45, 7) is 7.25. The highest BCUT2D eigenvalue weighted by Gasteiger charge is 2.36. The molecule has 0 bridgehead atoms. The van der Waals surface area contributed by atoms with Crippen molar-refractivity contribution in [2.75, 3.05) is 13.7 Å². The molecule has 2 N–H and O–H groups in total. The van der Waals surface area contributed by atoms with E-state index in [4.69, 9.17) is 10.5 Å². The molecule has 106 valence electrons. The molecule has 1 saturated carbocycles. The number of hydrogen-bond donors (Lipinski definition) is 1. The molecule has 2 nitrogen and oxygen atoms in total. The molecule has 0 aromatic heterocycles.